The van der Waals surface area contributed by atoms with Crippen molar-refractivity contribution in [3.05, 3.63) is 11.8 Å². The minimum atomic E-state index is -0.569. The number of esters is 2. The SMILES string of the molecule is CCCCCCCCOC(=O)C1C=C2OC2CC1C(=O)OCCCCCCCC. The van der Waals surface area contributed by atoms with Gasteiger partial charge in [0.2, 0.25) is 0 Å². The first-order valence-electron chi connectivity index (χ1n) is 11.9. The van der Waals surface area contributed by atoms with Crippen LogP contribution in [0.1, 0.15) is 97.3 Å². The summed E-state index contributed by atoms with van der Waals surface area (Å²) in [7, 11) is 0. The van der Waals surface area contributed by atoms with Crippen LogP contribution in [-0.2, 0) is 23.8 Å². The first kappa shape index (κ1) is 23.8. The topological polar surface area (TPSA) is 65.1 Å². The molecule has 5 heteroatoms. The molecule has 29 heavy (non-hydrogen) atoms. The van der Waals surface area contributed by atoms with Crippen molar-refractivity contribution in [3.8, 4) is 0 Å². The first-order chi connectivity index (χ1) is 14.2. The van der Waals surface area contributed by atoms with Gasteiger partial charge in [0.1, 0.15) is 5.76 Å². The lowest BCUT2D eigenvalue weighted by Gasteiger charge is -2.22. The number of ether oxygens (including phenoxy) is 3. The molecule has 1 heterocycles. The molecular weight excluding hydrogens is 368 g/mol. The summed E-state index contributed by atoms with van der Waals surface area (Å²) in [6.07, 6.45) is 16.0. The lowest BCUT2D eigenvalue weighted by Crippen LogP contribution is -2.34. The third kappa shape index (κ3) is 8.79. The number of hydrogen-bond acceptors (Lipinski definition) is 5. The van der Waals surface area contributed by atoms with E-state index in [0.29, 0.717) is 19.6 Å². The van der Waals surface area contributed by atoms with Crippen molar-refractivity contribution in [1.29, 1.82) is 0 Å². The Balaban J connectivity index is 1.67. The third-order valence-electron chi connectivity index (χ3n) is 5.84. The Morgan fingerprint density at radius 3 is 1.93 bits per heavy atom. The van der Waals surface area contributed by atoms with Crippen molar-refractivity contribution >= 4 is 11.9 Å². The Morgan fingerprint density at radius 2 is 1.34 bits per heavy atom. The van der Waals surface area contributed by atoms with Gasteiger partial charge in [0.05, 0.1) is 25.0 Å². The van der Waals surface area contributed by atoms with Crippen LogP contribution >= 0.6 is 0 Å². The fourth-order valence-corrected chi connectivity index (χ4v) is 3.90. The molecule has 1 aliphatic carbocycles. The molecule has 0 amide bonds. The summed E-state index contributed by atoms with van der Waals surface area (Å²) in [6, 6.07) is 0. The van der Waals surface area contributed by atoms with E-state index in [1.807, 2.05) is 0 Å². The van der Waals surface area contributed by atoms with Crippen LogP contribution in [0.4, 0.5) is 0 Å². The number of unbranched alkanes of at least 4 members (excludes halogenated alkanes) is 10. The zero-order chi connectivity index (χ0) is 20.9. The highest BCUT2D eigenvalue weighted by molar-refractivity contribution is 5.84. The summed E-state index contributed by atoms with van der Waals surface area (Å²) in [6.45, 7) is 5.26. The average Bonchev–Trinajstić information content (AvgIpc) is 3.49. The lowest BCUT2D eigenvalue weighted by atomic mass is 9.84. The monoisotopic (exact) mass is 408 g/mol. The minimum absolute atomic E-state index is 0.00999. The summed E-state index contributed by atoms with van der Waals surface area (Å²) in [5, 5.41) is 0. The second-order valence-electron chi connectivity index (χ2n) is 8.41. The molecule has 0 bridgehead atoms. The van der Waals surface area contributed by atoms with Gasteiger partial charge >= 0.3 is 11.9 Å². The van der Waals surface area contributed by atoms with Crippen molar-refractivity contribution in [3.63, 3.8) is 0 Å². The molecule has 2 aliphatic rings. The molecule has 3 atom stereocenters. The van der Waals surface area contributed by atoms with Crippen molar-refractivity contribution in [2.24, 2.45) is 11.8 Å². The molecule has 3 unspecified atom stereocenters. The van der Waals surface area contributed by atoms with E-state index >= 15 is 0 Å². The molecule has 1 fully saturated rings. The summed E-state index contributed by atoms with van der Waals surface area (Å²) < 4.78 is 16.4. The van der Waals surface area contributed by atoms with Gasteiger partial charge in [-0.2, -0.15) is 0 Å². The van der Waals surface area contributed by atoms with E-state index in [2.05, 4.69) is 13.8 Å². The molecule has 2 rings (SSSR count). The third-order valence-corrected chi connectivity index (χ3v) is 5.84. The van der Waals surface area contributed by atoms with E-state index in [1.165, 1.54) is 51.4 Å². The van der Waals surface area contributed by atoms with E-state index < -0.39 is 11.8 Å². The van der Waals surface area contributed by atoms with Gasteiger partial charge in [0, 0.05) is 6.42 Å². The van der Waals surface area contributed by atoms with E-state index in [1.54, 1.807) is 6.08 Å². The van der Waals surface area contributed by atoms with E-state index in [0.717, 1.165) is 31.4 Å². The van der Waals surface area contributed by atoms with Crippen LogP contribution in [0.3, 0.4) is 0 Å². The maximum atomic E-state index is 12.6. The fraction of sp³-hybridized carbons (Fsp3) is 0.833. The Hall–Kier alpha value is -1.52. The lowest BCUT2D eigenvalue weighted by molar-refractivity contribution is -0.159. The second kappa shape index (κ2) is 13.7. The Bertz CT molecular complexity index is 527. The van der Waals surface area contributed by atoms with Crippen LogP contribution in [0.5, 0.6) is 0 Å². The van der Waals surface area contributed by atoms with Gasteiger partial charge in [-0.15, -0.1) is 0 Å². The molecule has 166 valence electrons. The van der Waals surface area contributed by atoms with Crippen LogP contribution in [0.15, 0.2) is 11.8 Å². The Morgan fingerprint density at radius 1 is 0.828 bits per heavy atom. The molecule has 1 saturated heterocycles. The van der Waals surface area contributed by atoms with Crippen molar-refractivity contribution in [1.82, 2.24) is 0 Å². The molecule has 0 spiro atoms. The van der Waals surface area contributed by atoms with Crippen LogP contribution in [-0.4, -0.2) is 31.3 Å². The van der Waals surface area contributed by atoms with E-state index in [-0.39, 0.29) is 18.0 Å². The van der Waals surface area contributed by atoms with Crippen LogP contribution in [0.25, 0.3) is 0 Å². The summed E-state index contributed by atoms with van der Waals surface area (Å²) in [5.74, 6) is -0.830. The number of rotatable bonds is 16. The average molecular weight is 409 g/mol. The van der Waals surface area contributed by atoms with Crippen LogP contribution < -0.4 is 0 Å². The second-order valence-corrected chi connectivity index (χ2v) is 8.41. The van der Waals surface area contributed by atoms with Gasteiger partial charge < -0.3 is 14.2 Å². The van der Waals surface area contributed by atoms with Crippen molar-refractivity contribution in [2.45, 2.75) is 103 Å². The molecule has 0 aromatic rings. The Labute approximate surface area is 176 Å². The van der Waals surface area contributed by atoms with Crippen molar-refractivity contribution in [2.75, 3.05) is 13.2 Å². The highest BCUT2D eigenvalue weighted by Crippen LogP contribution is 2.42. The van der Waals surface area contributed by atoms with Gasteiger partial charge in [-0.05, 0) is 18.9 Å². The molecule has 0 aromatic heterocycles. The molecule has 0 aromatic carbocycles. The quantitative estimate of drug-likeness (QED) is 0.186. The van der Waals surface area contributed by atoms with Gasteiger partial charge in [-0.3, -0.25) is 9.59 Å². The van der Waals surface area contributed by atoms with E-state index in [4.69, 9.17) is 14.2 Å². The van der Waals surface area contributed by atoms with Crippen LogP contribution in [0.2, 0.25) is 0 Å². The number of carbonyl (C=O) groups excluding carboxylic acids is 2. The summed E-state index contributed by atoms with van der Waals surface area (Å²) in [5.41, 5.74) is 0. The largest absolute Gasteiger partial charge is 0.483 e. The normalized spacial score (nSPS) is 22.3. The van der Waals surface area contributed by atoms with Crippen LogP contribution in [0, 0.1) is 11.8 Å². The predicted octanol–water partition coefficient (Wildman–Crippen LogP) is 5.71. The number of hydrogen-bond donors (Lipinski definition) is 0. The number of epoxide rings is 1. The molecule has 0 N–H and O–H groups in total. The first-order valence-corrected chi connectivity index (χ1v) is 11.9. The molecule has 0 radical (unpaired) electrons. The number of fused-ring (bicyclic) bond motifs is 1. The maximum absolute atomic E-state index is 12.6. The molecular formula is C24H40O5. The van der Waals surface area contributed by atoms with Crippen molar-refractivity contribution < 1.29 is 23.8 Å². The van der Waals surface area contributed by atoms with E-state index in [9.17, 15) is 9.59 Å². The zero-order valence-electron chi connectivity index (χ0n) is 18.5. The zero-order valence-corrected chi connectivity index (χ0v) is 18.5. The fourth-order valence-electron chi connectivity index (χ4n) is 3.90. The molecule has 1 aliphatic heterocycles. The van der Waals surface area contributed by atoms with Gasteiger partial charge in [-0.1, -0.05) is 78.1 Å². The number of carbonyl (C=O) groups is 2. The maximum Gasteiger partial charge on any atom is 0.313 e. The highest BCUT2D eigenvalue weighted by atomic mass is 16.6. The Kier molecular flexibility index (Phi) is 11.2. The highest BCUT2D eigenvalue weighted by Gasteiger charge is 2.48. The summed E-state index contributed by atoms with van der Waals surface area (Å²) >= 11 is 0. The molecule has 0 saturated carbocycles. The summed E-state index contributed by atoms with van der Waals surface area (Å²) in [4.78, 5) is 25.1. The standard InChI is InChI=1S/C24H40O5/c1-3-5-7-9-11-13-15-27-23(25)19-17-21-22(29-21)18-20(19)24(26)28-16-14-12-10-8-6-4-2/h17,19-20,22H,3-16,18H2,1-2H3. The smallest absolute Gasteiger partial charge is 0.313 e. The van der Waals surface area contributed by atoms with Gasteiger partial charge in [0.25, 0.3) is 0 Å². The molecule has 5 nitrogen and oxygen atoms in total. The predicted molar refractivity (Wildman–Crippen MR) is 113 cm³/mol. The van der Waals surface area contributed by atoms with Gasteiger partial charge in [0.15, 0.2) is 6.10 Å². The van der Waals surface area contributed by atoms with Gasteiger partial charge in [-0.25, -0.2) is 0 Å². The minimum Gasteiger partial charge on any atom is -0.483 e.